The van der Waals surface area contributed by atoms with Crippen molar-refractivity contribution in [3.63, 3.8) is 0 Å². The number of nitrogens with zero attached hydrogens (tertiary/aromatic N) is 1. The van der Waals surface area contributed by atoms with E-state index in [0.29, 0.717) is 5.92 Å². The van der Waals surface area contributed by atoms with Gasteiger partial charge in [-0.2, -0.15) is 0 Å². The minimum Gasteiger partial charge on any atom is -0.303 e. The van der Waals surface area contributed by atoms with Gasteiger partial charge in [0.2, 0.25) is 0 Å². The molecule has 0 aromatic carbocycles. The molecule has 1 aliphatic rings. The van der Waals surface area contributed by atoms with Gasteiger partial charge in [-0.25, -0.2) is 0 Å². The lowest BCUT2D eigenvalue weighted by molar-refractivity contribution is 0.224. The fraction of sp³-hybridized carbons (Fsp3) is 1.00. The molecule has 0 spiro atoms. The molecule has 2 heteroatoms. The van der Waals surface area contributed by atoms with E-state index in [9.17, 15) is 0 Å². The molecule has 0 aromatic heterocycles. The summed E-state index contributed by atoms with van der Waals surface area (Å²) in [6.45, 7) is 6.03. The van der Waals surface area contributed by atoms with Crippen molar-refractivity contribution in [3.8, 4) is 0 Å². The zero-order valence-corrected chi connectivity index (χ0v) is 9.52. The zero-order valence-electron chi connectivity index (χ0n) is 8.77. The highest BCUT2D eigenvalue weighted by Crippen LogP contribution is 2.12. The number of likely N-dealkylation sites (tertiary alicyclic amines) is 1. The van der Waals surface area contributed by atoms with E-state index in [1.165, 1.54) is 51.7 Å². The van der Waals surface area contributed by atoms with E-state index in [1.807, 2.05) is 0 Å². The third-order valence-electron chi connectivity index (χ3n) is 2.78. The van der Waals surface area contributed by atoms with Crippen LogP contribution in [0.3, 0.4) is 0 Å². The SMILES string of the molecule is CC(CCl)CN1CCCCCCC1. The molecule has 1 nitrogen and oxygen atoms in total. The molecule has 0 saturated carbocycles. The molecule has 0 radical (unpaired) electrons. The van der Waals surface area contributed by atoms with Gasteiger partial charge >= 0.3 is 0 Å². The highest BCUT2D eigenvalue weighted by Gasteiger charge is 2.10. The lowest BCUT2D eigenvalue weighted by Crippen LogP contribution is -2.32. The maximum Gasteiger partial charge on any atom is 0.0261 e. The first kappa shape index (κ1) is 11.3. The maximum absolute atomic E-state index is 5.82. The van der Waals surface area contributed by atoms with Crippen LogP contribution in [0.1, 0.15) is 39.0 Å². The summed E-state index contributed by atoms with van der Waals surface area (Å²) in [5.41, 5.74) is 0. The summed E-state index contributed by atoms with van der Waals surface area (Å²) in [4.78, 5) is 2.59. The lowest BCUT2D eigenvalue weighted by atomic mass is 10.1. The molecular formula is C11H22ClN. The molecule has 1 heterocycles. The van der Waals surface area contributed by atoms with Crippen molar-refractivity contribution in [2.24, 2.45) is 5.92 Å². The molecule has 0 aliphatic carbocycles. The van der Waals surface area contributed by atoms with E-state index in [0.717, 1.165) is 5.88 Å². The summed E-state index contributed by atoms with van der Waals surface area (Å²) in [6, 6.07) is 0. The Morgan fingerprint density at radius 2 is 1.62 bits per heavy atom. The van der Waals surface area contributed by atoms with Crippen LogP contribution in [0.4, 0.5) is 0 Å². The molecule has 1 unspecified atom stereocenters. The second-order valence-corrected chi connectivity index (χ2v) is 4.64. The number of alkyl halides is 1. The van der Waals surface area contributed by atoms with Crippen molar-refractivity contribution < 1.29 is 0 Å². The quantitative estimate of drug-likeness (QED) is 0.638. The van der Waals surface area contributed by atoms with Crippen LogP contribution in [0.2, 0.25) is 0 Å². The summed E-state index contributed by atoms with van der Waals surface area (Å²) in [5.74, 6) is 1.46. The number of hydrogen-bond acceptors (Lipinski definition) is 1. The van der Waals surface area contributed by atoms with Crippen LogP contribution in [0, 0.1) is 5.92 Å². The average Bonchev–Trinajstić information content (AvgIpc) is 2.09. The molecule has 0 N–H and O–H groups in total. The lowest BCUT2D eigenvalue weighted by Gasteiger charge is -2.26. The van der Waals surface area contributed by atoms with Crippen LogP contribution < -0.4 is 0 Å². The van der Waals surface area contributed by atoms with Crippen molar-refractivity contribution in [1.82, 2.24) is 4.90 Å². The van der Waals surface area contributed by atoms with Gasteiger partial charge in [0.1, 0.15) is 0 Å². The summed E-state index contributed by atoms with van der Waals surface area (Å²) < 4.78 is 0. The van der Waals surface area contributed by atoms with Crippen LogP contribution >= 0.6 is 11.6 Å². The summed E-state index contributed by atoms with van der Waals surface area (Å²) in [7, 11) is 0. The topological polar surface area (TPSA) is 3.24 Å². The second kappa shape index (κ2) is 6.67. The van der Waals surface area contributed by atoms with Gasteiger partial charge < -0.3 is 4.90 Å². The van der Waals surface area contributed by atoms with Crippen molar-refractivity contribution >= 4 is 11.6 Å². The third-order valence-corrected chi connectivity index (χ3v) is 3.31. The molecule has 1 aliphatic heterocycles. The normalized spacial score (nSPS) is 23.5. The fourth-order valence-electron chi connectivity index (χ4n) is 1.99. The molecule has 0 aromatic rings. The zero-order chi connectivity index (χ0) is 9.52. The Bertz CT molecular complexity index is 119. The fourth-order valence-corrected chi connectivity index (χ4v) is 2.08. The van der Waals surface area contributed by atoms with Gasteiger partial charge in [0, 0.05) is 12.4 Å². The predicted molar refractivity (Wildman–Crippen MR) is 59.4 cm³/mol. The summed E-state index contributed by atoms with van der Waals surface area (Å²) in [5, 5.41) is 0. The number of halogens is 1. The molecule has 1 atom stereocenters. The first-order chi connectivity index (χ1) is 6.33. The Morgan fingerprint density at radius 1 is 1.08 bits per heavy atom. The van der Waals surface area contributed by atoms with Gasteiger partial charge in [-0.15, -0.1) is 11.6 Å². The molecule has 0 amide bonds. The van der Waals surface area contributed by atoms with Crippen molar-refractivity contribution in [3.05, 3.63) is 0 Å². The van der Waals surface area contributed by atoms with Gasteiger partial charge in [0.25, 0.3) is 0 Å². The van der Waals surface area contributed by atoms with Crippen molar-refractivity contribution in [2.45, 2.75) is 39.0 Å². The standard InChI is InChI=1S/C11H22ClN/c1-11(9-12)10-13-7-5-3-2-4-6-8-13/h11H,2-10H2,1H3. The highest BCUT2D eigenvalue weighted by molar-refractivity contribution is 6.18. The van der Waals surface area contributed by atoms with Crippen LogP contribution in [0.15, 0.2) is 0 Å². The van der Waals surface area contributed by atoms with Gasteiger partial charge in [0.15, 0.2) is 0 Å². The smallest absolute Gasteiger partial charge is 0.0261 e. The number of rotatable bonds is 3. The van der Waals surface area contributed by atoms with E-state index in [2.05, 4.69) is 11.8 Å². The van der Waals surface area contributed by atoms with E-state index < -0.39 is 0 Å². The summed E-state index contributed by atoms with van der Waals surface area (Å²) >= 11 is 5.82. The largest absolute Gasteiger partial charge is 0.303 e. The van der Waals surface area contributed by atoms with Gasteiger partial charge in [0.05, 0.1) is 0 Å². The molecule has 13 heavy (non-hydrogen) atoms. The second-order valence-electron chi connectivity index (χ2n) is 4.33. The molecule has 1 saturated heterocycles. The molecule has 78 valence electrons. The monoisotopic (exact) mass is 203 g/mol. The average molecular weight is 204 g/mol. The third kappa shape index (κ3) is 4.87. The Kier molecular flexibility index (Phi) is 5.81. The van der Waals surface area contributed by atoms with Crippen LogP contribution in [-0.4, -0.2) is 30.4 Å². The first-order valence-corrected chi connectivity index (χ1v) is 6.14. The van der Waals surface area contributed by atoms with Gasteiger partial charge in [-0.1, -0.05) is 26.2 Å². The first-order valence-electron chi connectivity index (χ1n) is 5.61. The van der Waals surface area contributed by atoms with Crippen molar-refractivity contribution in [1.29, 1.82) is 0 Å². The van der Waals surface area contributed by atoms with E-state index in [1.54, 1.807) is 0 Å². The molecule has 0 bridgehead atoms. The molecule has 1 fully saturated rings. The maximum atomic E-state index is 5.82. The minimum absolute atomic E-state index is 0.654. The number of hydrogen-bond donors (Lipinski definition) is 0. The van der Waals surface area contributed by atoms with Crippen LogP contribution in [0.25, 0.3) is 0 Å². The van der Waals surface area contributed by atoms with E-state index in [4.69, 9.17) is 11.6 Å². The van der Waals surface area contributed by atoms with E-state index in [-0.39, 0.29) is 0 Å². The minimum atomic E-state index is 0.654. The molecular weight excluding hydrogens is 182 g/mol. The Hall–Kier alpha value is 0.250. The van der Waals surface area contributed by atoms with Gasteiger partial charge in [-0.3, -0.25) is 0 Å². The van der Waals surface area contributed by atoms with Gasteiger partial charge in [-0.05, 0) is 31.8 Å². The highest BCUT2D eigenvalue weighted by atomic mass is 35.5. The Morgan fingerprint density at radius 3 is 2.15 bits per heavy atom. The predicted octanol–water partition coefficient (Wildman–Crippen LogP) is 3.13. The van der Waals surface area contributed by atoms with Crippen molar-refractivity contribution in [2.75, 3.05) is 25.5 Å². The van der Waals surface area contributed by atoms with Crippen LogP contribution in [-0.2, 0) is 0 Å². The Labute approximate surface area is 87.4 Å². The van der Waals surface area contributed by atoms with Crippen LogP contribution in [0.5, 0.6) is 0 Å². The molecule has 1 rings (SSSR count). The summed E-state index contributed by atoms with van der Waals surface area (Å²) in [6.07, 6.45) is 7.06. The van der Waals surface area contributed by atoms with E-state index >= 15 is 0 Å². The Balaban J connectivity index is 2.21.